The van der Waals surface area contributed by atoms with E-state index in [0.717, 1.165) is 64.7 Å². The van der Waals surface area contributed by atoms with Crippen molar-refractivity contribution in [1.29, 1.82) is 0 Å². The molecule has 109 heavy (non-hydrogen) atoms. The van der Waals surface area contributed by atoms with Gasteiger partial charge in [0.1, 0.15) is 67.1 Å². The smallest absolute Gasteiger partial charge is 0.364 e. The lowest BCUT2D eigenvalue weighted by molar-refractivity contribution is -0.386. The number of carbonyl (C=O) groups is 3. The zero-order valence-electron chi connectivity index (χ0n) is 68.2. The summed E-state index contributed by atoms with van der Waals surface area (Å²) in [6.45, 7) is 2.27. The van der Waals surface area contributed by atoms with Crippen LogP contribution in [0.25, 0.3) is 0 Å². The fourth-order valence-electron chi connectivity index (χ4n) is 15.5. The second-order valence-corrected chi connectivity index (χ2v) is 32.1. The highest BCUT2D eigenvalue weighted by atomic mass is 16.8. The van der Waals surface area contributed by atoms with E-state index in [1.165, 1.54) is 257 Å². The molecule has 3 rings (SSSR count). The van der Waals surface area contributed by atoms with Crippen molar-refractivity contribution in [3.05, 3.63) is 24.3 Å². The predicted molar refractivity (Wildman–Crippen MR) is 426 cm³/mol. The highest BCUT2D eigenvalue weighted by Gasteiger charge is 2.60. The number of aliphatic hydroxyl groups excluding tert-OH is 11. The Bertz CT molecular complexity index is 2250. The zero-order chi connectivity index (χ0) is 79.5. The third kappa shape index (κ3) is 43.7. The third-order valence-electron chi connectivity index (χ3n) is 22.4. The third-order valence-corrected chi connectivity index (χ3v) is 22.4. The van der Waals surface area contributed by atoms with Crippen LogP contribution in [0, 0.1) is 0 Å². The molecule has 23 heteroatoms. The maximum Gasteiger partial charge on any atom is 0.364 e. The topological polar surface area (TPSA) is 373 Å². The van der Waals surface area contributed by atoms with E-state index in [1.807, 2.05) is 0 Å². The zero-order valence-corrected chi connectivity index (χ0v) is 68.2. The van der Waals surface area contributed by atoms with Gasteiger partial charge in [-0.25, -0.2) is 4.79 Å². The molecule has 640 valence electrons. The molecule has 0 spiro atoms. The van der Waals surface area contributed by atoms with Crippen molar-refractivity contribution in [3.63, 3.8) is 0 Å². The number of amides is 2. The maximum atomic E-state index is 13.6. The van der Waals surface area contributed by atoms with Crippen molar-refractivity contribution in [3.8, 4) is 0 Å². The van der Waals surface area contributed by atoms with Crippen molar-refractivity contribution in [1.82, 2.24) is 10.6 Å². The van der Waals surface area contributed by atoms with Crippen LogP contribution in [0.5, 0.6) is 0 Å². The first-order valence-electron chi connectivity index (χ1n) is 44.2. The van der Waals surface area contributed by atoms with Gasteiger partial charge in [-0.1, -0.05) is 327 Å². The first-order chi connectivity index (χ1) is 52.9. The van der Waals surface area contributed by atoms with Gasteiger partial charge in [-0.2, -0.15) is 0 Å². The van der Waals surface area contributed by atoms with Crippen molar-refractivity contribution >= 4 is 17.8 Å². The van der Waals surface area contributed by atoms with E-state index in [9.17, 15) is 75.7 Å². The van der Waals surface area contributed by atoms with Crippen LogP contribution >= 0.6 is 0 Å². The van der Waals surface area contributed by atoms with Gasteiger partial charge in [-0.15, -0.1) is 0 Å². The highest BCUT2D eigenvalue weighted by Crippen LogP contribution is 2.39. The number of unbranched alkanes of at least 4 members (excludes halogenated alkanes) is 47. The fourth-order valence-corrected chi connectivity index (χ4v) is 15.5. The van der Waals surface area contributed by atoms with Crippen molar-refractivity contribution in [2.75, 3.05) is 26.4 Å². The number of aliphatic hydroxyl groups is 11. The standard InChI is InChI=1S/C86H160N2O21/c1-4-6-8-10-12-14-16-18-20-22-24-26-28-30-31-32-33-34-35-36-38-40-42-44-46-48-50-52-54-56-58-60-73(96)88-67(68(93)59-57-55-53-51-49-47-45-43-41-39-37-29-27-25-23-21-19-17-15-13-11-9-7-5-2)65-104-83-78(100)77(99)80(72(64-91)106-83)107-84-79(101)82(76(98)71(63-90)105-84)109-86(85(102)103)61-69(94)74(87-66(3)92)81(108-86)75(97)70(95)62-89/h24,26,30-31,67-72,74-84,89-91,93-95,97-101H,4-23,25,27-29,32-65H2,1-3H3,(H,87,92)(H,88,96)(H,102,103)/b26-24-,31-30-. The molecule has 0 saturated carbocycles. The SMILES string of the molecule is CCCCCCCCCCC/C=C\C/C=C\CCCCCCCCCCCCCCCCCC(=O)NC(COC1OC(CO)C(OC2OC(CO)C(O)C(OC3(C(=O)O)CC(O)C(NC(C)=O)C(C(O)C(O)CO)O3)C2O)C(O)C1O)C(O)CCCCCCCCCCCCCCCCCCCCCCCCCC. The number of hydrogen-bond donors (Lipinski definition) is 14. The summed E-state index contributed by atoms with van der Waals surface area (Å²) < 4.78 is 35.0. The molecule has 3 aliphatic rings. The number of ether oxygens (including phenoxy) is 6. The van der Waals surface area contributed by atoms with E-state index < -0.39 is 148 Å². The fraction of sp³-hybridized carbons (Fsp3) is 0.919. The summed E-state index contributed by atoms with van der Waals surface area (Å²) in [5, 5.41) is 137. The summed E-state index contributed by atoms with van der Waals surface area (Å²) in [5.41, 5.74) is 0. The van der Waals surface area contributed by atoms with Gasteiger partial charge in [0.15, 0.2) is 12.6 Å². The molecule has 3 saturated heterocycles. The number of carboxylic acid groups (broad SMARTS) is 1. The normalized spacial score (nSPS) is 25.8. The molecule has 0 bridgehead atoms. The number of hydrogen-bond acceptors (Lipinski definition) is 20. The highest BCUT2D eigenvalue weighted by molar-refractivity contribution is 5.77. The molecule has 0 aromatic rings. The Hall–Kier alpha value is -2.79. The molecule has 18 unspecified atom stereocenters. The van der Waals surface area contributed by atoms with E-state index in [0.29, 0.717) is 19.3 Å². The van der Waals surface area contributed by atoms with Crippen LogP contribution in [0.2, 0.25) is 0 Å². The molecule has 0 aromatic heterocycles. The van der Waals surface area contributed by atoms with Crippen molar-refractivity contribution in [2.24, 2.45) is 0 Å². The van der Waals surface area contributed by atoms with Crippen LogP contribution in [0.15, 0.2) is 24.3 Å². The summed E-state index contributed by atoms with van der Waals surface area (Å²) in [5.74, 6) is -6.09. The van der Waals surface area contributed by atoms with E-state index in [1.54, 1.807) is 0 Å². The van der Waals surface area contributed by atoms with Crippen molar-refractivity contribution in [2.45, 2.75) is 477 Å². The molecule has 0 aromatic carbocycles. The van der Waals surface area contributed by atoms with Gasteiger partial charge in [0.2, 0.25) is 11.8 Å². The van der Waals surface area contributed by atoms with Crippen LogP contribution in [0.3, 0.4) is 0 Å². The number of carboxylic acids is 1. The van der Waals surface area contributed by atoms with Gasteiger partial charge < -0.3 is 100 Å². The summed E-state index contributed by atoms with van der Waals surface area (Å²) >= 11 is 0. The molecule has 14 N–H and O–H groups in total. The number of rotatable bonds is 71. The first-order valence-corrected chi connectivity index (χ1v) is 44.2. The van der Waals surface area contributed by atoms with Gasteiger partial charge >= 0.3 is 5.97 Å². The summed E-state index contributed by atoms with van der Waals surface area (Å²) in [6, 6.07) is -2.53. The minimum absolute atomic E-state index is 0.225. The quantitative estimate of drug-likeness (QED) is 0.0199. The molecule has 2 amide bonds. The Balaban J connectivity index is 1.46. The van der Waals surface area contributed by atoms with E-state index >= 15 is 0 Å². The van der Waals surface area contributed by atoms with E-state index in [2.05, 4.69) is 48.8 Å². The van der Waals surface area contributed by atoms with Crippen molar-refractivity contribution < 1.29 is 104 Å². The first kappa shape index (κ1) is 100. The second kappa shape index (κ2) is 64.4. The monoisotopic (exact) mass is 1560 g/mol. The molecule has 0 radical (unpaired) electrons. The van der Waals surface area contributed by atoms with Crippen LogP contribution in [-0.4, -0.2) is 215 Å². The molecule has 3 heterocycles. The van der Waals surface area contributed by atoms with Crippen LogP contribution in [0.1, 0.15) is 367 Å². The largest absolute Gasteiger partial charge is 0.477 e. The Labute approximate surface area is 657 Å². The second-order valence-electron chi connectivity index (χ2n) is 32.1. The minimum atomic E-state index is -3.08. The Morgan fingerprint density at radius 1 is 0.477 bits per heavy atom. The van der Waals surface area contributed by atoms with E-state index in [-0.39, 0.29) is 18.9 Å². The molecule has 23 nitrogen and oxygen atoms in total. The van der Waals surface area contributed by atoms with Crippen LogP contribution in [-0.2, 0) is 42.8 Å². The Morgan fingerprint density at radius 2 is 0.881 bits per heavy atom. The van der Waals surface area contributed by atoms with E-state index in [4.69, 9.17) is 28.4 Å². The predicted octanol–water partition coefficient (Wildman–Crippen LogP) is 13.5. The van der Waals surface area contributed by atoms with Gasteiger partial charge in [-0.3, -0.25) is 9.59 Å². The van der Waals surface area contributed by atoms with Gasteiger partial charge in [0.05, 0.1) is 50.7 Å². The number of allylic oxidation sites excluding steroid dienone is 4. The van der Waals surface area contributed by atoms with Gasteiger partial charge in [-0.05, 0) is 44.9 Å². The average molecular weight is 1560 g/mol. The number of carbonyl (C=O) groups excluding carboxylic acids is 2. The molecule has 0 aliphatic carbocycles. The molecule has 18 atom stereocenters. The van der Waals surface area contributed by atoms with Crippen LogP contribution < -0.4 is 10.6 Å². The number of aliphatic carboxylic acids is 1. The molecular formula is C86H160N2O21. The lowest BCUT2D eigenvalue weighted by Crippen LogP contribution is -2.70. The van der Waals surface area contributed by atoms with Gasteiger partial charge in [0, 0.05) is 19.8 Å². The average Bonchev–Trinajstić information content (AvgIpc) is 0.753. The Morgan fingerprint density at radius 3 is 1.28 bits per heavy atom. The van der Waals surface area contributed by atoms with Crippen LogP contribution in [0.4, 0.5) is 0 Å². The summed E-state index contributed by atoms with van der Waals surface area (Å²) in [7, 11) is 0. The lowest BCUT2D eigenvalue weighted by atomic mass is 9.88. The number of nitrogens with one attached hydrogen (secondary N) is 2. The summed E-state index contributed by atoms with van der Waals surface area (Å²) in [4.78, 5) is 38.8. The van der Waals surface area contributed by atoms with Gasteiger partial charge in [0.25, 0.3) is 5.79 Å². The Kier molecular flexibility index (Phi) is 59.3. The molecular weight excluding hydrogens is 1400 g/mol. The summed E-state index contributed by atoms with van der Waals surface area (Å²) in [6.07, 6.45) is 44.6. The minimum Gasteiger partial charge on any atom is -0.477 e. The molecule has 3 fully saturated rings. The maximum absolute atomic E-state index is 13.6. The molecule has 3 aliphatic heterocycles. The lowest BCUT2D eigenvalue weighted by Gasteiger charge is -2.50.